The van der Waals surface area contributed by atoms with Crippen molar-refractivity contribution < 1.29 is 14.3 Å². The zero-order valence-corrected chi connectivity index (χ0v) is 11.0. The SMILES string of the molecule is C=CC[C@H](CCCC)C(=O)N[C@@H](C)C(=O)OC. The molecule has 4 nitrogen and oxygen atoms in total. The van der Waals surface area contributed by atoms with Crippen LogP contribution in [0.4, 0.5) is 0 Å². The molecule has 2 atom stereocenters. The normalized spacial score (nSPS) is 13.6. The van der Waals surface area contributed by atoms with Crippen LogP contribution in [0.2, 0.25) is 0 Å². The molecule has 4 heteroatoms. The molecule has 0 aliphatic carbocycles. The first-order chi connectivity index (χ1) is 8.06. The molecule has 0 fully saturated rings. The van der Waals surface area contributed by atoms with Crippen molar-refractivity contribution in [1.82, 2.24) is 5.32 Å². The fourth-order valence-electron chi connectivity index (χ4n) is 1.57. The van der Waals surface area contributed by atoms with Gasteiger partial charge in [-0.2, -0.15) is 0 Å². The summed E-state index contributed by atoms with van der Waals surface area (Å²) in [6.45, 7) is 7.35. The van der Waals surface area contributed by atoms with E-state index in [9.17, 15) is 9.59 Å². The number of allylic oxidation sites excluding steroid dienone is 1. The van der Waals surface area contributed by atoms with Gasteiger partial charge in [0.25, 0.3) is 0 Å². The van der Waals surface area contributed by atoms with Crippen LogP contribution in [0.3, 0.4) is 0 Å². The summed E-state index contributed by atoms with van der Waals surface area (Å²) >= 11 is 0. The van der Waals surface area contributed by atoms with Crippen molar-refractivity contribution in [2.45, 2.75) is 45.6 Å². The van der Waals surface area contributed by atoms with Gasteiger partial charge in [-0.15, -0.1) is 6.58 Å². The minimum Gasteiger partial charge on any atom is -0.467 e. The molecule has 17 heavy (non-hydrogen) atoms. The molecule has 0 bridgehead atoms. The Morgan fingerprint density at radius 1 is 1.47 bits per heavy atom. The van der Waals surface area contributed by atoms with Crippen LogP contribution in [-0.4, -0.2) is 25.0 Å². The maximum atomic E-state index is 11.9. The summed E-state index contributed by atoms with van der Waals surface area (Å²) in [6, 6.07) is -0.596. The van der Waals surface area contributed by atoms with Crippen molar-refractivity contribution in [2.24, 2.45) is 5.92 Å². The number of rotatable bonds is 8. The van der Waals surface area contributed by atoms with Crippen LogP contribution in [0.1, 0.15) is 39.5 Å². The van der Waals surface area contributed by atoms with Crippen molar-refractivity contribution in [3.05, 3.63) is 12.7 Å². The summed E-state index contributed by atoms with van der Waals surface area (Å²) in [5.74, 6) is -0.623. The minimum atomic E-state index is -0.596. The van der Waals surface area contributed by atoms with Crippen LogP contribution in [0, 0.1) is 5.92 Å². The third-order valence-corrected chi connectivity index (χ3v) is 2.64. The van der Waals surface area contributed by atoms with E-state index in [0.29, 0.717) is 6.42 Å². The molecule has 0 unspecified atom stereocenters. The zero-order chi connectivity index (χ0) is 13.3. The van der Waals surface area contributed by atoms with E-state index in [2.05, 4.69) is 23.6 Å². The first kappa shape index (κ1) is 15.7. The first-order valence-electron chi connectivity index (χ1n) is 6.05. The second-order valence-corrected chi connectivity index (χ2v) is 4.12. The quantitative estimate of drug-likeness (QED) is 0.522. The largest absolute Gasteiger partial charge is 0.467 e. The Hall–Kier alpha value is -1.32. The Bertz CT molecular complexity index is 263. The number of esters is 1. The summed E-state index contributed by atoms with van der Waals surface area (Å²) in [4.78, 5) is 23.1. The Kier molecular flexibility index (Phi) is 8.11. The first-order valence-corrected chi connectivity index (χ1v) is 6.05. The Morgan fingerprint density at radius 3 is 2.59 bits per heavy atom. The maximum Gasteiger partial charge on any atom is 0.328 e. The molecule has 0 aliphatic rings. The van der Waals surface area contributed by atoms with Gasteiger partial charge in [-0.25, -0.2) is 4.79 Å². The van der Waals surface area contributed by atoms with Gasteiger partial charge in [-0.05, 0) is 19.8 Å². The molecule has 0 aromatic rings. The molecule has 98 valence electrons. The molecule has 0 saturated heterocycles. The molecule has 1 amide bonds. The van der Waals surface area contributed by atoms with E-state index in [4.69, 9.17) is 0 Å². The number of methoxy groups -OCH3 is 1. The molecular formula is C13H23NO3. The van der Waals surface area contributed by atoms with Gasteiger partial charge in [0.05, 0.1) is 7.11 Å². The topological polar surface area (TPSA) is 55.4 Å². The predicted octanol–water partition coefficient (Wildman–Crippen LogP) is 2.05. The number of unbranched alkanes of at least 4 members (excludes halogenated alkanes) is 1. The van der Waals surface area contributed by atoms with E-state index in [1.165, 1.54) is 7.11 Å². The zero-order valence-electron chi connectivity index (χ0n) is 11.0. The monoisotopic (exact) mass is 241 g/mol. The summed E-state index contributed by atoms with van der Waals surface area (Å²) in [5.41, 5.74) is 0. The van der Waals surface area contributed by atoms with E-state index >= 15 is 0 Å². The summed E-state index contributed by atoms with van der Waals surface area (Å²) < 4.78 is 4.56. The highest BCUT2D eigenvalue weighted by molar-refractivity contribution is 5.85. The highest BCUT2D eigenvalue weighted by atomic mass is 16.5. The van der Waals surface area contributed by atoms with E-state index in [0.717, 1.165) is 19.3 Å². The van der Waals surface area contributed by atoms with E-state index in [-0.39, 0.29) is 11.8 Å². The number of carbonyl (C=O) groups is 2. The number of hydrogen-bond donors (Lipinski definition) is 1. The predicted molar refractivity (Wildman–Crippen MR) is 67.4 cm³/mol. The number of hydrogen-bond acceptors (Lipinski definition) is 3. The Labute approximate surface area is 103 Å². The van der Waals surface area contributed by atoms with Crippen LogP contribution < -0.4 is 5.32 Å². The van der Waals surface area contributed by atoms with Gasteiger partial charge >= 0.3 is 5.97 Å². The van der Waals surface area contributed by atoms with Crippen LogP contribution in [-0.2, 0) is 14.3 Å². The van der Waals surface area contributed by atoms with Crippen molar-refractivity contribution in [3.63, 3.8) is 0 Å². The van der Waals surface area contributed by atoms with Gasteiger partial charge in [0.2, 0.25) is 5.91 Å². The average Bonchev–Trinajstić information content (AvgIpc) is 2.32. The van der Waals surface area contributed by atoms with Crippen molar-refractivity contribution in [1.29, 1.82) is 0 Å². The average molecular weight is 241 g/mol. The lowest BCUT2D eigenvalue weighted by Crippen LogP contribution is -2.42. The number of nitrogens with one attached hydrogen (secondary N) is 1. The highest BCUT2D eigenvalue weighted by Gasteiger charge is 2.21. The third kappa shape index (κ3) is 6.09. The lowest BCUT2D eigenvalue weighted by molar-refractivity contribution is -0.145. The Balaban J connectivity index is 4.30. The molecule has 0 aliphatic heterocycles. The van der Waals surface area contributed by atoms with Gasteiger partial charge in [-0.3, -0.25) is 4.79 Å². The second kappa shape index (κ2) is 8.79. The summed E-state index contributed by atoms with van der Waals surface area (Å²) in [6.07, 6.45) is 5.25. The van der Waals surface area contributed by atoms with Gasteiger partial charge in [-0.1, -0.05) is 25.8 Å². The van der Waals surface area contributed by atoms with Gasteiger partial charge < -0.3 is 10.1 Å². The molecule has 0 radical (unpaired) electrons. The smallest absolute Gasteiger partial charge is 0.328 e. The Morgan fingerprint density at radius 2 is 2.12 bits per heavy atom. The fourth-order valence-corrected chi connectivity index (χ4v) is 1.57. The van der Waals surface area contributed by atoms with Crippen molar-refractivity contribution in [2.75, 3.05) is 7.11 Å². The lowest BCUT2D eigenvalue weighted by atomic mass is 9.97. The molecular weight excluding hydrogens is 218 g/mol. The van der Waals surface area contributed by atoms with E-state index < -0.39 is 12.0 Å². The maximum absolute atomic E-state index is 11.9. The van der Waals surface area contributed by atoms with E-state index in [1.54, 1.807) is 13.0 Å². The van der Waals surface area contributed by atoms with Gasteiger partial charge in [0.1, 0.15) is 6.04 Å². The number of amides is 1. The van der Waals surface area contributed by atoms with Crippen LogP contribution in [0.15, 0.2) is 12.7 Å². The summed E-state index contributed by atoms with van der Waals surface area (Å²) in [5, 5.41) is 2.66. The van der Waals surface area contributed by atoms with E-state index in [1.807, 2.05) is 0 Å². The standard InChI is InChI=1S/C13H23NO3/c1-5-7-9-11(8-6-2)12(15)14-10(3)13(16)17-4/h6,10-11H,2,5,7-9H2,1,3-4H3,(H,14,15)/t10-,11+/m0/s1. The molecule has 0 spiro atoms. The van der Waals surface area contributed by atoms with Gasteiger partial charge in [0.15, 0.2) is 0 Å². The molecule has 1 N–H and O–H groups in total. The molecule has 0 heterocycles. The second-order valence-electron chi connectivity index (χ2n) is 4.12. The van der Waals surface area contributed by atoms with Crippen LogP contribution >= 0.6 is 0 Å². The number of ether oxygens (including phenoxy) is 1. The van der Waals surface area contributed by atoms with Crippen molar-refractivity contribution in [3.8, 4) is 0 Å². The molecule has 0 aromatic heterocycles. The summed E-state index contributed by atoms with van der Waals surface area (Å²) in [7, 11) is 1.31. The van der Waals surface area contributed by atoms with Crippen LogP contribution in [0.5, 0.6) is 0 Å². The lowest BCUT2D eigenvalue weighted by Gasteiger charge is -2.17. The molecule has 0 saturated carbocycles. The minimum absolute atomic E-state index is 0.0976. The molecule has 0 aromatic carbocycles. The third-order valence-electron chi connectivity index (χ3n) is 2.64. The molecule has 0 rings (SSSR count). The number of carbonyl (C=O) groups excluding carboxylic acids is 2. The highest BCUT2D eigenvalue weighted by Crippen LogP contribution is 2.13. The fraction of sp³-hybridized carbons (Fsp3) is 0.692. The van der Waals surface area contributed by atoms with Gasteiger partial charge in [0, 0.05) is 5.92 Å². The van der Waals surface area contributed by atoms with Crippen LogP contribution in [0.25, 0.3) is 0 Å². The van der Waals surface area contributed by atoms with Crippen molar-refractivity contribution >= 4 is 11.9 Å².